The molecule has 1 aromatic carbocycles. The molecule has 3 rings (SSSR count). The average molecular weight is 348 g/mol. The van der Waals surface area contributed by atoms with Gasteiger partial charge in [-0.15, -0.1) is 11.3 Å². The van der Waals surface area contributed by atoms with Crippen LogP contribution in [0, 0.1) is 6.92 Å². The quantitative estimate of drug-likeness (QED) is 0.754. The van der Waals surface area contributed by atoms with E-state index >= 15 is 0 Å². The Labute approximate surface area is 139 Å². The Hall–Kier alpha value is -2.12. The van der Waals surface area contributed by atoms with Crippen molar-refractivity contribution in [3.05, 3.63) is 53.7 Å². The van der Waals surface area contributed by atoms with E-state index in [1.807, 2.05) is 32.0 Å². The van der Waals surface area contributed by atoms with Crippen LogP contribution in [0.1, 0.15) is 18.1 Å². The molecule has 1 N–H and O–H groups in total. The molecule has 2 aromatic heterocycles. The lowest BCUT2D eigenvalue weighted by Crippen LogP contribution is -2.13. The van der Waals surface area contributed by atoms with Crippen LogP contribution in [-0.2, 0) is 16.4 Å². The molecule has 0 spiro atoms. The van der Waals surface area contributed by atoms with Gasteiger partial charge in [0.25, 0.3) is 10.0 Å². The predicted molar refractivity (Wildman–Crippen MR) is 91.2 cm³/mol. The van der Waals surface area contributed by atoms with Crippen molar-refractivity contribution in [2.75, 3.05) is 4.72 Å². The maximum absolute atomic E-state index is 12.7. The first-order valence-corrected chi connectivity index (χ1v) is 9.43. The lowest BCUT2D eigenvalue weighted by molar-refractivity contribution is 0.433. The van der Waals surface area contributed by atoms with Crippen molar-refractivity contribution in [1.82, 2.24) is 5.16 Å². The number of anilines is 1. The van der Waals surface area contributed by atoms with E-state index in [2.05, 4.69) is 9.88 Å². The van der Waals surface area contributed by atoms with Crippen LogP contribution >= 0.6 is 11.3 Å². The van der Waals surface area contributed by atoms with Crippen molar-refractivity contribution in [2.45, 2.75) is 24.5 Å². The molecule has 0 amide bonds. The van der Waals surface area contributed by atoms with Gasteiger partial charge in [0.05, 0.1) is 16.8 Å². The molecule has 2 heterocycles. The highest BCUT2D eigenvalue weighted by Gasteiger charge is 2.20. The monoisotopic (exact) mass is 348 g/mol. The summed E-state index contributed by atoms with van der Waals surface area (Å²) in [6.07, 6.45) is 2.29. The summed E-state index contributed by atoms with van der Waals surface area (Å²) in [5, 5.41) is 3.64. The second kappa shape index (κ2) is 6.17. The molecule has 0 aliphatic carbocycles. The van der Waals surface area contributed by atoms with Gasteiger partial charge in [-0.25, -0.2) is 8.42 Å². The van der Waals surface area contributed by atoms with E-state index in [0.29, 0.717) is 11.4 Å². The highest BCUT2D eigenvalue weighted by molar-refractivity contribution is 7.94. The molecular weight excluding hydrogens is 332 g/mol. The van der Waals surface area contributed by atoms with Gasteiger partial charge in [0.1, 0.15) is 4.21 Å². The number of hydrogen-bond donors (Lipinski definition) is 1. The van der Waals surface area contributed by atoms with Crippen LogP contribution in [0.4, 0.5) is 5.69 Å². The van der Waals surface area contributed by atoms with Gasteiger partial charge in [-0.05, 0) is 36.6 Å². The summed E-state index contributed by atoms with van der Waals surface area (Å²) in [5.41, 5.74) is 2.53. The van der Waals surface area contributed by atoms with Gasteiger partial charge < -0.3 is 4.52 Å². The van der Waals surface area contributed by atoms with Gasteiger partial charge in [-0.1, -0.05) is 30.3 Å². The molecule has 0 fully saturated rings. The van der Waals surface area contributed by atoms with Crippen molar-refractivity contribution in [3.8, 4) is 10.6 Å². The smallest absolute Gasteiger partial charge is 0.271 e. The molecule has 0 radical (unpaired) electrons. The number of para-hydroxylation sites is 1. The summed E-state index contributed by atoms with van der Waals surface area (Å²) in [7, 11) is -3.63. The van der Waals surface area contributed by atoms with E-state index < -0.39 is 10.0 Å². The zero-order chi connectivity index (χ0) is 16.4. The Balaban J connectivity index is 1.94. The molecule has 0 saturated carbocycles. The molecule has 0 atom stereocenters. The number of benzene rings is 1. The molecule has 5 nitrogen and oxygen atoms in total. The molecule has 0 bridgehead atoms. The molecule has 0 aliphatic rings. The normalized spacial score (nSPS) is 11.6. The fraction of sp³-hybridized carbons (Fsp3) is 0.188. The Kier molecular flexibility index (Phi) is 4.23. The summed E-state index contributed by atoms with van der Waals surface area (Å²) in [4.78, 5) is 0.725. The molecule has 0 unspecified atom stereocenters. The zero-order valence-electron chi connectivity index (χ0n) is 12.7. The zero-order valence-corrected chi connectivity index (χ0v) is 14.4. The third kappa shape index (κ3) is 3.16. The van der Waals surface area contributed by atoms with Gasteiger partial charge in [0.2, 0.25) is 0 Å². The van der Waals surface area contributed by atoms with Gasteiger partial charge in [0.15, 0.2) is 5.76 Å². The van der Waals surface area contributed by atoms with Crippen LogP contribution in [0.5, 0.6) is 0 Å². The van der Waals surface area contributed by atoms with E-state index in [1.54, 1.807) is 18.2 Å². The highest BCUT2D eigenvalue weighted by atomic mass is 32.2. The maximum atomic E-state index is 12.7. The Morgan fingerprint density at radius 1 is 1.22 bits per heavy atom. The minimum Gasteiger partial charge on any atom is -0.355 e. The van der Waals surface area contributed by atoms with Crippen molar-refractivity contribution < 1.29 is 12.9 Å². The molecule has 3 aromatic rings. The summed E-state index contributed by atoms with van der Waals surface area (Å²) in [6, 6.07) is 10.8. The van der Waals surface area contributed by atoms with Crippen molar-refractivity contribution in [2.24, 2.45) is 0 Å². The number of hydrogen-bond acceptors (Lipinski definition) is 5. The van der Waals surface area contributed by atoms with Gasteiger partial charge >= 0.3 is 0 Å². The fourth-order valence-corrected chi connectivity index (χ4v) is 4.73. The largest absolute Gasteiger partial charge is 0.355 e. The molecule has 0 saturated heterocycles. The standard InChI is InChI=1S/C16H16N2O3S2/c1-3-12-6-4-5-11(2)16(12)18-23(19,20)15-8-7-14(22-15)13-9-10-17-21-13/h4-10,18H,3H2,1-2H3. The first-order chi connectivity index (χ1) is 11.0. The van der Waals surface area contributed by atoms with Crippen LogP contribution in [0.2, 0.25) is 0 Å². The van der Waals surface area contributed by atoms with Crippen LogP contribution in [0.3, 0.4) is 0 Å². The number of aryl methyl sites for hydroxylation is 2. The number of aromatic nitrogens is 1. The maximum Gasteiger partial charge on any atom is 0.271 e. The van der Waals surface area contributed by atoms with Crippen LogP contribution in [-0.4, -0.2) is 13.6 Å². The highest BCUT2D eigenvalue weighted by Crippen LogP contribution is 2.32. The van der Waals surface area contributed by atoms with Crippen molar-refractivity contribution in [3.63, 3.8) is 0 Å². The lowest BCUT2D eigenvalue weighted by atomic mass is 10.1. The van der Waals surface area contributed by atoms with Crippen LogP contribution < -0.4 is 4.72 Å². The van der Waals surface area contributed by atoms with E-state index in [0.717, 1.165) is 33.8 Å². The summed E-state index contributed by atoms with van der Waals surface area (Å²) in [5.74, 6) is 0.557. The fourth-order valence-electron chi connectivity index (χ4n) is 2.29. The Morgan fingerprint density at radius 3 is 2.74 bits per heavy atom. The predicted octanol–water partition coefficient (Wildman–Crippen LogP) is 4.07. The topological polar surface area (TPSA) is 72.2 Å². The Bertz CT molecular complexity index is 913. The Morgan fingerprint density at radius 2 is 2.04 bits per heavy atom. The first kappa shape index (κ1) is 15.8. The average Bonchev–Trinajstić information content (AvgIpc) is 3.20. The molecule has 7 heteroatoms. The number of nitrogens with zero attached hydrogens (tertiary/aromatic N) is 1. The minimum absolute atomic E-state index is 0.245. The second-order valence-electron chi connectivity index (χ2n) is 5.06. The van der Waals surface area contributed by atoms with Crippen molar-refractivity contribution >= 4 is 27.0 Å². The summed E-state index contributed by atoms with van der Waals surface area (Å²) < 4.78 is 33.3. The number of rotatable bonds is 5. The number of sulfonamides is 1. The van der Waals surface area contributed by atoms with Crippen LogP contribution in [0.25, 0.3) is 10.6 Å². The first-order valence-electron chi connectivity index (χ1n) is 7.13. The number of thiophene rings is 1. The molecule has 120 valence electrons. The third-order valence-electron chi connectivity index (χ3n) is 3.50. The van der Waals surface area contributed by atoms with E-state index in [-0.39, 0.29) is 4.21 Å². The van der Waals surface area contributed by atoms with E-state index in [9.17, 15) is 8.42 Å². The van der Waals surface area contributed by atoms with Gasteiger partial charge in [0, 0.05) is 6.07 Å². The van der Waals surface area contributed by atoms with Crippen molar-refractivity contribution in [1.29, 1.82) is 0 Å². The summed E-state index contributed by atoms with van der Waals surface area (Å²) >= 11 is 1.15. The SMILES string of the molecule is CCc1cccc(C)c1NS(=O)(=O)c1ccc(-c2ccno2)s1. The van der Waals surface area contributed by atoms with E-state index in [4.69, 9.17) is 4.52 Å². The molecule has 23 heavy (non-hydrogen) atoms. The summed E-state index contributed by atoms with van der Waals surface area (Å²) in [6.45, 7) is 3.89. The lowest BCUT2D eigenvalue weighted by Gasteiger charge is -2.13. The molecule has 0 aliphatic heterocycles. The van der Waals surface area contributed by atoms with Gasteiger partial charge in [-0.2, -0.15) is 0 Å². The minimum atomic E-state index is -3.63. The number of nitrogens with one attached hydrogen (secondary N) is 1. The van der Waals surface area contributed by atoms with Crippen LogP contribution in [0.15, 0.2) is 51.3 Å². The van der Waals surface area contributed by atoms with Gasteiger partial charge in [-0.3, -0.25) is 4.72 Å². The third-order valence-corrected chi connectivity index (χ3v) is 6.44. The van der Waals surface area contributed by atoms with E-state index in [1.165, 1.54) is 6.20 Å². The molecular formula is C16H16N2O3S2. The second-order valence-corrected chi connectivity index (χ2v) is 8.06.